The average Bonchev–Trinajstić information content (AvgIpc) is 2.74. The van der Waals surface area contributed by atoms with Crippen molar-refractivity contribution in [1.82, 2.24) is 15.5 Å². The van der Waals surface area contributed by atoms with E-state index in [-0.39, 0.29) is 11.8 Å². The Morgan fingerprint density at radius 2 is 1.89 bits per heavy atom. The summed E-state index contributed by atoms with van der Waals surface area (Å²) in [7, 11) is 3.24. The van der Waals surface area contributed by atoms with Crippen molar-refractivity contribution in [1.29, 1.82) is 0 Å². The number of carbonyl (C=O) groups is 1. The molecule has 1 aliphatic rings. The number of nitrogens with zero attached hydrogens (tertiary/aromatic N) is 3. The summed E-state index contributed by atoms with van der Waals surface area (Å²) in [6.07, 6.45) is 2.39. The van der Waals surface area contributed by atoms with Crippen LogP contribution in [-0.4, -0.2) is 50.0 Å². The molecule has 2 heterocycles. The number of amides is 1. The van der Waals surface area contributed by atoms with Gasteiger partial charge < -0.3 is 19.7 Å². The van der Waals surface area contributed by atoms with E-state index in [1.807, 2.05) is 30.3 Å². The minimum Gasteiger partial charge on any atom is -0.496 e. The topological polar surface area (TPSA) is 76.6 Å². The maximum Gasteiger partial charge on any atom is 0.233 e. The molecule has 1 N–H and O–H groups in total. The molecule has 1 amide bonds. The number of aromatic nitrogens is 2. The summed E-state index contributed by atoms with van der Waals surface area (Å²) < 4.78 is 10.4. The monoisotopic (exact) mass is 370 g/mol. The zero-order valence-electron chi connectivity index (χ0n) is 15.9. The first-order valence-corrected chi connectivity index (χ1v) is 9.23. The molecular weight excluding hydrogens is 344 g/mol. The van der Waals surface area contributed by atoms with Crippen LogP contribution in [0.3, 0.4) is 0 Å². The summed E-state index contributed by atoms with van der Waals surface area (Å²) in [4.78, 5) is 14.6. The van der Waals surface area contributed by atoms with Crippen LogP contribution in [-0.2, 0) is 11.2 Å². The maximum atomic E-state index is 12.5. The van der Waals surface area contributed by atoms with Gasteiger partial charge >= 0.3 is 0 Å². The lowest BCUT2D eigenvalue weighted by atomic mass is 9.96. The SMILES string of the molecule is COc1ccc(N2CCC(C(=O)NCCc3ccccc3OC)CC2)nn1. The van der Waals surface area contributed by atoms with Gasteiger partial charge in [-0.25, -0.2) is 0 Å². The predicted octanol–water partition coefficient (Wildman–Crippen LogP) is 2.07. The molecule has 0 aliphatic carbocycles. The normalized spacial score (nSPS) is 14.7. The van der Waals surface area contributed by atoms with Gasteiger partial charge in [-0.15, -0.1) is 10.2 Å². The zero-order chi connectivity index (χ0) is 19.1. The fraction of sp³-hybridized carbons (Fsp3) is 0.450. The Kier molecular flexibility index (Phi) is 6.46. The van der Waals surface area contributed by atoms with Crippen LogP contribution in [0.5, 0.6) is 11.6 Å². The third kappa shape index (κ3) is 4.87. The number of ether oxygens (including phenoxy) is 2. The van der Waals surface area contributed by atoms with Crippen LogP contribution in [0.2, 0.25) is 0 Å². The Morgan fingerprint density at radius 1 is 1.11 bits per heavy atom. The minimum absolute atomic E-state index is 0.0464. The molecule has 0 spiro atoms. The highest BCUT2D eigenvalue weighted by molar-refractivity contribution is 5.79. The molecule has 7 heteroatoms. The molecule has 0 bridgehead atoms. The highest BCUT2D eigenvalue weighted by Crippen LogP contribution is 2.22. The second-order valence-corrected chi connectivity index (χ2v) is 6.55. The smallest absolute Gasteiger partial charge is 0.233 e. The quantitative estimate of drug-likeness (QED) is 0.804. The predicted molar refractivity (Wildman–Crippen MR) is 103 cm³/mol. The molecule has 0 unspecified atom stereocenters. The minimum atomic E-state index is 0.0464. The van der Waals surface area contributed by atoms with E-state index in [1.165, 1.54) is 0 Å². The molecule has 1 aliphatic heterocycles. The number of nitrogens with one attached hydrogen (secondary N) is 1. The van der Waals surface area contributed by atoms with E-state index < -0.39 is 0 Å². The molecule has 2 aromatic rings. The van der Waals surface area contributed by atoms with Gasteiger partial charge in [0.2, 0.25) is 11.8 Å². The molecule has 1 aromatic heterocycles. The number of rotatable bonds is 7. The first kappa shape index (κ1) is 18.9. The van der Waals surface area contributed by atoms with Crippen LogP contribution >= 0.6 is 0 Å². The number of piperidine rings is 1. The van der Waals surface area contributed by atoms with Gasteiger partial charge in [0.25, 0.3) is 0 Å². The van der Waals surface area contributed by atoms with Gasteiger partial charge in [-0.3, -0.25) is 4.79 Å². The summed E-state index contributed by atoms with van der Waals surface area (Å²) in [5.41, 5.74) is 1.10. The zero-order valence-corrected chi connectivity index (χ0v) is 15.9. The van der Waals surface area contributed by atoms with E-state index in [2.05, 4.69) is 20.4 Å². The molecule has 144 valence electrons. The third-order valence-corrected chi connectivity index (χ3v) is 4.91. The molecule has 0 radical (unpaired) electrons. The van der Waals surface area contributed by atoms with Crippen LogP contribution < -0.4 is 19.7 Å². The van der Waals surface area contributed by atoms with Crippen molar-refractivity contribution >= 4 is 11.7 Å². The average molecular weight is 370 g/mol. The molecule has 3 rings (SSSR count). The van der Waals surface area contributed by atoms with Crippen LogP contribution in [0.15, 0.2) is 36.4 Å². The molecular formula is C20H26N4O3. The number of methoxy groups -OCH3 is 2. The fourth-order valence-corrected chi connectivity index (χ4v) is 3.34. The lowest BCUT2D eigenvalue weighted by Crippen LogP contribution is -2.41. The second kappa shape index (κ2) is 9.21. The number of benzene rings is 1. The Morgan fingerprint density at radius 3 is 2.56 bits per heavy atom. The van der Waals surface area contributed by atoms with Crippen LogP contribution in [0.1, 0.15) is 18.4 Å². The molecule has 1 aromatic carbocycles. The Balaban J connectivity index is 1.44. The van der Waals surface area contributed by atoms with E-state index >= 15 is 0 Å². The number of anilines is 1. The van der Waals surface area contributed by atoms with Gasteiger partial charge in [-0.1, -0.05) is 18.2 Å². The highest BCUT2D eigenvalue weighted by Gasteiger charge is 2.25. The fourth-order valence-electron chi connectivity index (χ4n) is 3.34. The summed E-state index contributed by atoms with van der Waals surface area (Å²) in [6.45, 7) is 2.21. The van der Waals surface area contributed by atoms with Crippen molar-refractivity contribution in [2.24, 2.45) is 5.92 Å². The third-order valence-electron chi connectivity index (χ3n) is 4.91. The Hall–Kier alpha value is -2.83. The van der Waals surface area contributed by atoms with E-state index in [0.29, 0.717) is 12.4 Å². The molecule has 27 heavy (non-hydrogen) atoms. The lowest BCUT2D eigenvalue weighted by molar-refractivity contribution is -0.125. The first-order chi connectivity index (χ1) is 13.2. The van der Waals surface area contributed by atoms with Crippen LogP contribution in [0.4, 0.5) is 5.82 Å². The van der Waals surface area contributed by atoms with Crippen molar-refractivity contribution in [3.05, 3.63) is 42.0 Å². The van der Waals surface area contributed by atoms with Crippen molar-refractivity contribution in [3.8, 4) is 11.6 Å². The van der Waals surface area contributed by atoms with E-state index in [4.69, 9.17) is 9.47 Å². The molecule has 1 fully saturated rings. The second-order valence-electron chi connectivity index (χ2n) is 6.55. The van der Waals surface area contributed by atoms with Gasteiger partial charge in [0, 0.05) is 31.6 Å². The lowest BCUT2D eigenvalue weighted by Gasteiger charge is -2.31. The first-order valence-electron chi connectivity index (χ1n) is 9.23. The number of hydrogen-bond acceptors (Lipinski definition) is 6. The highest BCUT2D eigenvalue weighted by atomic mass is 16.5. The van der Waals surface area contributed by atoms with Crippen molar-refractivity contribution in [2.75, 3.05) is 38.8 Å². The molecule has 1 saturated heterocycles. The summed E-state index contributed by atoms with van der Waals surface area (Å²) in [5, 5.41) is 11.3. The van der Waals surface area contributed by atoms with Crippen molar-refractivity contribution < 1.29 is 14.3 Å². The maximum absolute atomic E-state index is 12.5. The molecule has 0 saturated carbocycles. The summed E-state index contributed by atoms with van der Waals surface area (Å²) in [5.74, 6) is 2.37. The number of hydrogen-bond donors (Lipinski definition) is 1. The Labute approximate surface area is 159 Å². The van der Waals surface area contributed by atoms with Gasteiger partial charge in [0.15, 0.2) is 5.82 Å². The molecule has 0 atom stereocenters. The van der Waals surface area contributed by atoms with Gasteiger partial charge in [-0.05, 0) is 37.0 Å². The van der Waals surface area contributed by atoms with Crippen molar-refractivity contribution in [2.45, 2.75) is 19.3 Å². The van der Waals surface area contributed by atoms with Gasteiger partial charge in [0.1, 0.15) is 5.75 Å². The summed E-state index contributed by atoms with van der Waals surface area (Å²) >= 11 is 0. The largest absolute Gasteiger partial charge is 0.496 e. The Bertz CT molecular complexity index is 743. The van der Waals surface area contributed by atoms with E-state index in [9.17, 15) is 4.79 Å². The number of para-hydroxylation sites is 1. The van der Waals surface area contributed by atoms with Gasteiger partial charge in [-0.2, -0.15) is 0 Å². The molecule has 7 nitrogen and oxygen atoms in total. The summed E-state index contributed by atoms with van der Waals surface area (Å²) in [6, 6.07) is 11.6. The van der Waals surface area contributed by atoms with E-state index in [0.717, 1.165) is 49.5 Å². The van der Waals surface area contributed by atoms with Crippen molar-refractivity contribution in [3.63, 3.8) is 0 Å². The van der Waals surface area contributed by atoms with Gasteiger partial charge in [0.05, 0.1) is 14.2 Å². The standard InChI is InChI=1S/C20H26N4O3/c1-26-17-6-4-3-5-15(17)9-12-21-20(25)16-10-13-24(14-11-16)18-7-8-19(27-2)23-22-18/h3-8,16H,9-14H2,1-2H3,(H,21,25). The van der Waals surface area contributed by atoms with Crippen LogP contribution in [0, 0.1) is 5.92 Å². The van der Waals surface area contributed by atoms with E-state index in [1.54, 1.807) is 20.3 Å². The van der Waals surface area contributed by atoms with Crippen LogP contribution in [0.25, 0.3) is 0 Å². The number of carbonyl (C=O) groups excluding carboxylic acids is 1.